The molecule has 8 aliphatic heterocycles. The van der Waals surface area contributed by atoms with E-state index in [0.717, 1.165) is 56.8 Å². The number of unbranched alkanes of at least 4 members (excludes halogenated alkanes) is 9. The van der Waals surface area contributed by atoms with E-state index >= 15 is 4.79 Å². The molecule has 4 saturated carbocycles. The number of hydrogen-bond acceptors (Lipinski definition) is 40. The summed E-state index contributed by atoms with van der Waals surface area (Å²) in [4.78, 5) is 45.4. The first-order valence-electron chi connectivity index (χ1n) is 46.0. The fourth-order valence-electron chi connectivity index (χ4n) is 23.4. The molecule has 8 saturated heterocycles. The zero-order chi connectivity index (χ0) is 93.1. The minimum Gasteiger partial charge on any atom is -0.432 e. The molecule has 5 aliphatic carbocycles. The van der Waals surface area contributed by atoms with Crippen molar-refractivity contribution in [3.8, 4) is 0 Å². The second-order valence-electron chi connectivity index (χ2n) is 40.1. The third-order valence-corrected chi connectivity index (χ3v) is 31.4. The molecule has 128 heavy (non-hydrogen) atoms. The molecule has 736 valence electrons. The zero-order valence-electron chi connectivity index (χ0n) is 74.2. The molecular weight excluding hydrogens is 1700 g/mol. The predicted octanol–water partition coefficient (Wildman–Crippen LogP) is -4.57. The Labute approximate surface area is 743 Å². The first-order valence-corrected chi connectivity index (χ1v) is 46.0. The molecule has 0 spiro atoms. The Bertz CT molecular complexity index is 3650. The first-order chi connectivity index (χ1) is 60.5. The Hall–Kier alpha value is -3.09. The quantitative estimate of drug-likeness (QED) is 0.0102. The first kappa shape index (κ1) is 102. The number of carbonyl (C=O) groups excluding carboxylic acids is 3. The second kappa shape index (κ2) is 41.7. The maximum atomic E-state index is 16.2. The molecule has 41 heteroatoms. The van der Waals surface area contributed by atoms with Gasteiger partial charge in [-0.3, -0.25) is 9.59 Å². The molecule has 41 nitrogen and oxygen atoms in total. The van der Waals surface area contributed by atoms with Crippen LogP contribution >= 0.6 is 0 Å². The molecule has 47 atom stereocenters. The largest absolute Gasteiger partial charge is 0.432 e. The van der Waals surface area contributed by atoms with Gasteiger partial charge >= 0.3 is 5.97 Å². The van der Waals surface area contributed by atoms with Gasteiger partial charge in [0.25, 0.3) is 5.91 Å². The second-order valence-corrected chi connectivity index (χ2v) is 40.1. The topological polar surface area (TPSA) is 636 Å². The van der Waals surface area contributed by atoms with Crippen LogP contribution in [0.5, 0.6) is 0 Å². The molecule has 0 aromatic heterocycles. The van der Waals surface area contributed by atoms with Crippen LogP contribution in [-0.4, -0.2) is 405 Å². The van der Waals surface area contributed by atoms with Crippen molar-refractivity contribution in [1.82, 2.24) is 5.32 Å². The molecule has 12 fully saturated rings. The van der Waals surface area contributed by atoms with E-state index in [1.165, 1.54) is 26.7 Å². The van der Waals surface area contributed by atoms with Crippen LogP contribution in [0.2, 0.25) is 0 Å². The van der Waals surface area contributed by atoms with Crippen molar-refractivity contribution in [2.75, 3.05) is 39.6 Å². The summed E-state index contributed by atoms with van der Waals surface area (Å²) in [5.41, 5.74) is -5.08. The summed E-state index contributed by atoms with van der Waals surface area (Å²) in [6.07, 6.45) is -55.2. The van der Waals surface area contributed by atoms with Gasteiger partial charge in [0, 0.05) is 6.54 Å². The summed E-state index contributed by atoms with van der Waals surface area (Å²) >= 11 is 0. The number of fused-ring (bicyclic) bond motifs is 7. The van der Waals surface area contributed by atoms with Crippen LogP contribution in [0.4, 0.5) is 0 Å². The molecule has 22 N–H and O–H groups in total. The lowest BCUT2D eigenvalue weighted by atomic mass is 9.33. The molecule has 1 amide bonds. The number of esters is 1. The van der Waals surface area contributed by atoms with Crippen molar-refractivity contribution in [1.29, 1.82) is 0 Å². The Balaban J connectivity index is 0.759. The number of carbonyl (C=O) groups is 3. The van der Waals surface area contributed by atoms with Crippen molar-refractivity contribution in [3.63, 3.8) is 0 Å². The summed E-state index contributed by atoms with van der Waals surface area (Å²) in [5.74, 6) is -3.28. The average molecular weight is 1840 g/mol. The van der Waals surface area contributed by atoms with Gasteiger partial charge in [-0.25, -0.2) is 0 Å². The number of aliphatic hydroxyl groups excluding tert-OH is 21. The summed E-state index contributed by atoms with van der Waals surface area (Å²) in [6.45, 7) is 13.9. The normalized spacial score (nSPS) is 50.9. The minimum absolute atomic E-state index is 0.00233. The SMILES string of the molecule is CCCCCCCCCCCCNC(=O)[C@H]1O[C@@H](O[C@H]2CC[C@]3(C)[C@H]4CC=C5[C@@H]6CC(C)(C)CC[C@]6(C(=O)O[C@@H]6O[C@H](C)[C@H](O)[C@H](O)[C@H]6O[C@@H]6O[C@@H](C)[C@H](O[C@@H]7OC[C@@H](O)[C@H](O[C@@H]8OC[C@@H](O)[C@H](O)[C@H]8O)[C@H]7O)[C@@H](O[C@@H]7O[C@H](CO)[C@@H](O)[C@H](O)[C@H]7O)[C@H]6O)[C@H](O)C[C@@]5(C)[C@]4(C)CC[C@H]3[C@]2(C)C=O)[C@H](O[C@@H]2O[C@H](CO)[C@H](O)[C@H](O)[C@H]2O)[C@@H](O[C@@H]2OC[C@@H](O)[C@H](O)[C@H]2O)[C@@H]1O. The van der Waals surface area contributed by atoms with E-state index in [-0.39, 0.29) is 31.7 Å². The monoisotopic (exact) mass is 1840 g/mol. The van der Waals surface area contributed by atoms with Gasteiger partial charge in [-0.2, -0.15) is 0 Å². The number of aliphatic hydroxyl groups is 21. The molecule has 13 aliphatic rings. The highest BCUT2D eigenvalue weighted by atomic mass is 16.8. The van der Waals surface area contributed by atoms with Crippen LogP contribution in [0.25, 0.3) is 0 Å². The molecule has 8 heterocycles. The van der Waals surface area contributed by atoms with E-state index in [1.54, 1.807) is 6.92 Å². The Morgan fingerprint density at radius 1 is 0.445 bits per heavy atom. The zero-order valence-corrected chi connectivity index (χ0v) is 74.2. The van der Waals surface area contributed by atoms with Crippen LogP contribution in [0, 0.1) is 50.2 Å². The number of rotatable bonds is 31. The fourth-order valence-corrected chi connectivity index (χ4v) is 23.4. The molecule has 0 bridgehead atoms. The summed E-state index contributed by atoms with van der Waals surface area (Å²) in [5, 5.41) is 239. The van der Waals surface area contributed by atoms with Crippen LogP contribution in [0.1, 0.15) is 184 Å². The smallest absolute Gasteiger partial charge is 0.317 e. The average Bonchev–Trinajstić information content (AvgIpc) is 0.668. The van der Waals surface area contributed by atoms with Crippen LogP contribution in [0.15, 0.2) is 11.6 Å². The van der Waals surface area contributed by atoms with Gasteiger partial charge in [0.15, 0.2) is 56.2 Å². The lowest BCUT2D eigenvalue weighted by Gasteiger charge is -2.71. The molecule has 0 aromatic rings. The van der Waals surface area contributed by atoms with E-state index in [1.807, 2.05) is 0 Å². The van der Waals surface area contributed by atoms with E-state index in [9.17, 15) is 117 Å². The number of nitrogens with one attached hydrogen (secondary N) is 1. The molecule has 13 rings (SSSR count). The highest BCUT2D eigenvalue weighted by molar-refractivity contribution is 5.82. The lowest BCUT2D eigenvalue weighted by Crippen LogP contribution is -2.70. The fraction of sp³-hybridized carbons (Fsp3) is 0.943. The highest BCUT2D eigenvalue weighted by Crippen LogP contribution is 2.76. The maximum absolute atomic E-state index is 16.2. The van der Waals surface area contributed by atoms with Crippen molar-refractivity contribution in [2.24, 2.45) is 50.2 Å². The van der Waals surface area contributed by atoms with Gasteiger partial charge in [0.1, 0.15) is 164 Å². The van der Waals surface area contributed by atoms with Crippen LogP contribution < -0.4 is 5.32 Å². The predicted molar refractivity (Wildman–Crippen MR) is 432 cm³/mol. The molecular formula is C87H143NO40. The summed E-state index contributed by atoms with van der Waals surface area (Å²) in [6, 6.07) is 0. The van der Waals surface area contributed by atoms with Crippen molar-refractivity contribution >= 4 is 18.2 Å². The molecule has 0 radical (unpaired) electrons. The van der Waals surface area contributed by atoms with Gasteiger partial charge in [0.05, 0.1) is 62.9 Å². The van der Waals surface area contributed by atoms with Gasteiger partial charge in [-0.05, 0) is 117 Å². The van der Waals surface area contributed by atoms with Crippen molar-refractivity contribution in [3.05, 3.63) is 11.6 Å². The van der Waals surface area contributed by atoms with E-state index in [0.29, 0.717) is 44.9 Å². The van der Waals surface area contributed by atoms with E-state index in [2.05, 4.69) is 52.9 Å². The minimum atomic E-state index is -2.21. The Morgan fingerprint density at radius 2 is 0.938 bits per heavy atom. The maximum Gasteiger partial charge on any atom is 0.317 e. The Morgan fingerprint density at radius 3 is 1.52 bits per heavy atom. The van der Waals surface area contributed by atoms with Gasteiger partial charge in [-0.15, -0.1) is 0 Å². The van der Waals surface area contributed by atoms with Crippen molar-refractivity contribution in [2.45, 2.75) is 424 Å². The molecule has 0 unspecified atom stereocenters. The van der Waals surface area contributed by atoms with Gasteiger partial charge in [-0.1, -0.05) is 118 Å². The van der Waals surface area contributed by atoms with Gasteiger partial charge in [0.2, 0.25) is 6.29 Å². The number of hydrogen-bond donors (Lipinski definition) is 22. The summed E-state index contributed by atoms with van der Waals surface area (Å²) < 4.78 is 98.5. The highest BCUT2D eigenvalue weighted by Gasteiger charge is 2.74. The summed E-state index contributed by atoms with van der Waals surface area (Å²) in [7, 11) is 0. The van der Waals surface area contributed by atoms with E-state index < -0.39 is 329 Å². The number of ether oxygens (including phenoxy) is 16. The standard InChI is InChI=1S/C87H143NO40/c1-10-11-12-13-14-15-16-17-18-19-28-88-72(111)69-62(108)67(123-74-59(105)52(98)42(93)34-114-74)71(127-77-61(107)56(102)54(100)45(32-90)119-77)80(125-69)120-49-23-24-83(6)46(84(49,7)36-91)22-25-85(8)47(83)21-20-39-40-29-82(4,5)26-27-87(40,48(95)30-86(39,85)9)81(112)128-79-70(57(103)50(96)37(2)116-79)126-78-64(110)68(124-76-60(106)55(101)53(99)44(31-89)118-76)65(38(3)117-78)121-75-63(109)66(43(94)35-115-75)122-73-58(104)51(97)41(92)33-113-73/h20,36-38,40-71,73-80,89-90,92-110H,10-19,21-35H2,1-9H3,(H,88,111)/t37-,38+,40+,41-,42-,43-,44-,45-,46-,47-,48-,49+,50+,51+,52+,53-,54+,55+,56+,57+,58-,59-,60-,61-,62+,63-,64-,65+,66+,67+,68+,69+,70-,71-,73+,74+,75+,76+,77+,78+,79+,80-,83+,84+,85-,86-,87-/m1/s1. The number of aldehydes is 1. The van der Waals surface area contributed by atoms with Gasteiger partial charge < -0.3 is 193 Å². The lowest BCUT2D eigenvalue weighted by molar-refractivity contribution is -0.397. The third-order valence-electron chi connectivity index (χ3n) is 31.4. The van der Waals surface area contributed by atoms with Crippen LogP contribution in [0.3, 0.4) is 0 Å². The number of allylic oxidation sites excluding steroid dienone is 2. The Kier molecular flexibility index (Phi) is 33.3. The van der Waals surface area contributed by atoms with E-state index in [4.69, 9.17) is 75.8 Å². The molecule has 0 aromatic carbocycles. The third kappa shape index (κ3) is 19.6. The van der Waals surface area contributed by atoms with Crippen LogP contribution in [-0.2, 0) is 90.2 Å². The number of amides is 1. The van der Waals surface area contributed by atoms with Crippen molar-refractivity contribution < 1.29 is 197 Å².